The van der Waals surface area contributed by atoms with Crippen molar-refractivity contribution in [1.82, 2.24) is 10.1 Å². The lowest BCUT2D eigenvalue weighted by molar-refractivity contribution is 0.416. The lowest BCUT2D eigenvalue weighted by atomic mass is 10.0. The van der Waals surface area contributed by atoms with Gasteiger partial charge in [0.25, 0.3) is 0 Å². The van der Waals surface area contributed by atoms with Crippen LogP contribution in [0.5, 0.6) is 5.75 Å². The Morgan fingerprint density at radius 1 is 1.24 bits per heavy atom. The molecule has 0 aliphatic heterocycles. The number of anilines is 1. The highest BCUT2D eigenvalue weighted by atomic mass is 16.5. The summed E-state index contributed by atoms with van der Waals surface area (Å²) in [5.41, 5.74) is 7.84. The van der Waals surface area contributed by atoms with E-state index >= 15 is 0 Å². The second-order valence-corrected chi connectivity index (χ2v) is 4.41. The molecule has 0 fully saturated rings. The number of H-pyrrole nitrogens is 1. The van der Waals surface area contributed by atoms with E-state index in [1.807, 2.05) is 24.3 Å². The summed E-state index contributed by atoms with van der Waals surface area (Å²) in [7, 11) is 1.59. The molecule has 2 heterocycles. The fourth-order valence-electron chi connectivity index (χ4n) is 2.16. The largest absolute Gasteiger partial charge is 0.496 e. The van der Waals surface area contributed by atoms with E-state index in [1.165, 1.54) is 6.07 Å². The van der Waals surface area contributed by atoms with E-state index < -0.39 is 0 Å². The van der Waals surface area contributed by atoms with Crippen LogP contribution in [0.15, 0.2) is 51.9 Å². The lowest BCUT2D eigenvalue weighted by Gasteiger charge is -2.08. The van der Waals surface area contributed by atoms with Crippen molar-refractivity contribution in [2.45, 2.75) is 0 Å². The molecule has 0 atom stereocenters. The van der Waals surface area contributed by atoms with Gasteiger partial charge in [0.2, 0.25) is 5.56 Å². The molecular formula is C15H13N3O3. The van der Waals surface area contributed by atoms with Crippen LogP contribution in [-0.2, 0) is 0 Å². The summed E-state index contributed by atoms with van der Waals surface area (Å²) in [6.45, 7) is 0. The first-order chi connectivity index (χ1) is 10.2. The molecule has 3 N–H and O–H groups in total. The summed E-state index contributed by atoms with van der Waals surface area (Å²) in [5, 5.41) is 3.82. The zero-order valence-electron chi connectivity index (χ0n) is 11.3. The van der Waals surface area contributed by atoms with E-state index in [9.17, 15) is 4.79 Å². The molecule has 0 bridgehead atoms. The molecule has 3 aromatic rings. The molecule has 0 radical (unpaired) electrons. The standard InChI is InChI=1S/C15H13N3O3/c1-20-11-5-3-2-4-10(11)13-14(21-18-15(13)16)9-6-7-12(19)17-8-9/h2-8H,1H3,(H2,16,18)(H,17,19). The third-order valence-electron chi connectivity index (χ3n) is 3.14. The van der Waals surface area contributed by atoms with E-state index in [-0.39, 0.29) is 11.4 Å². The van der Waals surface area contributed by atoms with Gasteiger partial charge in [0, 0.05) is 23.4 Å². The smallest absolute Gasteiger partial charge is 0.247 e. The zero-order valence-corrected chi connectivity index (χ0v) is 11.3. The molecule has 106 valence electrons. The van der Waals surface area contributed by atoms with Gasteiger partial charge in [0.05, 0.1) is 12.7 Å². The summed E-state index contributed by atoms with van der Waals surface area (Å²) in [6.07, 6.45) is 1.56. The van der Waals surface area contributed by atoms with Gasteiger partial charge in [-0.1, -0.05) is 23.4 Å². The normalized spacial score (nSPS) is 10.5. The number of nitrogens with one attached hydrogen (secondary N) is 1. The number of pyridine rings is 1. The van der Waals surface area contributed by atoms with E-state index in [1.54, 1.807) is 19.4 Å². The highest BCUT2D eigenvalue weighted by Gasteiger charge is 2.20. The van der Waals surface area contributed by atoms with E-state index in [4.69, 9.17) is 15.0 Å². The fourth-order valence-corrected chi connectivity index (χ4v) is 2.16. The highest BCUT2D eigenvalue weighted by Crippen LogP contribution is 2.40. The number of nitrogens with zero attached hydrogens (tertiary/aromatic N) is 1. The number of aromatic nitrogens is 2. The summed E-state index contributed by atoms with van der Waals surface area (Å²) < 4.78 is 10.7. The number of hydrogen-bond donors (Lipinski definition) is 2. The predicted octanol–water partition coefficient (Wildman–Crippen LogP) is 2.29. The van der Waals surface area contributed by atoms with Crippen molar-refractivity contribution < 1.29 is 9.26 Å². The lowest BCUT2D eigenvalue weighted by Crippen LogP contribution is -2.01. The molecule has 6 nitrogen and oxygen atoms in total. The molecular weight excluding hydrogens is 270 g/mol. The van der Waals surface area contributed by atoms with E-state index in [2.05, 4.69) is 10.1 Å². The molecule has 21 heavy (non-hydrogen) atoms. The monoisotopic (exact) mass is 283 g/mol. The van der Waals surface area contributed by atoms with Crippen molar-refractivity contribution >= 4 is 5.82 Å². The van der Waals surface area contributed by atoms with Gasteiger partial charge < -0.3 is 20.0 Å². The highest BCUT2D eigenvalue weighted by molar-refractivity contribution is 5.88. The molecule has 1 aromatic carbocycles. The van der Waals surface area contributed by atoms with Crippen molar-refractivity contribution in [3.05, 3.63) is 52.9 Å². The SMILES string of the molecule is COc1ccccc1-c1c(N)noc1-c1ccc(=O)[nH]c1. The minimum Gasteiger partial charge on any atom is -0.496 e. The van der Waals surface area contributed by atoms with Gasteiger partial charge in [-0.2, -0.15) is 0 Å². The van der Waals surface area contributed by atoms with Crippen molar-refractivity contribution in [3.63, 3.8) is 0 Å². The molecule has 0 saturated carbocycles. The number of nitrogens with two attached hydrogens (primary N) is 1. The maximum absolute atomic E-state index is 11.2. The molecule has 0 unspecified atom stereocenters. The van der Waals surface area contributed by atoms with Crippen LogP contribution in [0, 0.1) is 0 Å². The topological polar surface area (TPSA) is 94.1 Å². The molecule has 2 aromatic heterocycles. The summed E-state index contributed by atoms with van der Waals surface area (Å²) in [4.78, 5) is 13.8. The Balaban J connectivity index is 2.22. The maximum Gasteiger partial charge on any atom is 0.247 e. The molecule has 3 rings (SSSR count). The van der Waals surface area contributed by atoms with Gasteiger partial charge >= 0.3 is 0 Å². The first-order valence-electron chi connectivity index (χ1n) is 6.28. The van der Waals surface area contributed by atoms with Crippen LogP contribution < -0.4 is 16.0 Å². The second-order valence-electron chi connectivity index (χ2n) is 4.41. The number of hydrogen-bond acceptors (Lipinski definition) is 5. The van der Waals surface area contributed by atoms with Crippen LogP contribution >= 0.6 is 0 Å². The maximum atomic E-state index is 11.2. The molecule has 0 spiro atoms. The quantitative estimate of drug-likeness (QED) is 0.769. The Kier molecular flexibility index (Phi) is 3.19. The molecule has 0 aliphatic carbocycles. The van der Waals surface area contributed by atoms with Crippen LogP contribution in [-0.4, -0.2) is 17.3 Å². The van der Waals surface area contributed by atoms with Gasteiger partial charge in [0.15, 0.2) is 11.6 Å². The Morgan fingerprint density at radius 2 is 2.05 bits per heavy atom. The van der Waals surface area contributed by atoms with Crippen LogP contribution in [0.25, 0.3) is 22.5 Å². The van der Waals surface area contributed by atoms with Crippen LogP contribution in [0.2, 0.25) is 0 Å². The van der Waals surface area contributed by atoms with E-state index in [0.717, 1.165) is 5.56 Å². The Morgan fingerprint density at radius 3 is 2.76 bits per heavy atom. The van der Waals surface area contributed by atoms with Crippen molar-refractivity contribution in [1.29, 1.82) is 0 Å². The number of benzene rings is 1. The third-order valence-corrected chi connectivity index (χ3v) is 3.14. The van der Waals surface area contributed by atoms with E-state index in [0.29, 0.717) is 22.6 Å². The Hall–Kier alpha value is -3.02. The summed E-state index contributed by atoms with van der Waals surface area (Å²) >= 11 is 0. The first kappa shape index (κ1) is 13.0. The average molecular weight is 283 g/mol. The van der Waals surface area contributed by atoms with Gasteiger partial charge in [-0.3, -0.25) is 4.79 Å². The van der Waals surface area contributed by atoms with Crippen LogP contribution in [0.1, 0.15) is 0 Å². The van der Waals surface area contributed by atoms with Gasteiger partial charge in [-0.25, -0.2) is 0 Å². The average Bonchev–Trinajstić information content (AvgIpc) is 2.89. The molecule has 0 saturated heterocycles. The Bertz CT molecular complexity index is 816. The number of nitrogen functional groups attached to an aromatic ring is 1. The van der Waals surface area contributed by atoms with Crippen LogP contribution in [0.3, 0.4) is 0 Å². The summed E-state index contributed by atoms with van der Waals surface area (Å²) in [5.74, 6) is 1.41. The second kappa shape index (κ2) is 5.16. The van der Waals surface area contributed by atoms with Gasteiger partial charge in [0.1, 0.15) is 5.75 Å². The molecule has 0 amide bonds. The van der Waals surface area contributed by atoms with Crippen molar-refractivity contribution in [2.75, 3.05) is 12.8 Å². The predicted molar refractivity (Wildman–Crippen MR) is 79.0 cm³/mol. The van der Waals surface area contributed by atoms with Crippen LogP contribution in [0.4, 0.5) is 5.82 Å². The van der Waals surface area contributed by atoms with Crippen molar-refractivity contribution in [3.8, 4) is 28.2 Å². The number of rotatable bonds is 3. The number of aromatic amines is 1. The van der Waals surface area contributed by atoms with Gasteiger partial charge in [-0.15, -0.1) is 0 Å². The van der Waals surface area contributed by atoms with Gasteiger partial charge in [-0.05, 0) is 12.1 Å². The Labute approximate surface area is 120 Å². The number of ether oxygens (including phenoxy) is 1. The van der Waals surface area contributed by atoms with Crippen molar-refractivity contribution in [2.24, 2.45) is 0 Å². The molecule has 0 aliphatic rings. The number of methoxy groups -OCH3 is 1. The fraction of sp³-hybridized carbons (Fsp3) is 0.0667. The minimum atomic E-state index is -0.190. The third kappa shape index (κ3) is 2.27. The zero-order chi connectivity index (χ0) is 14.8. The number of para-hydroxylation sites is 1. The first-order valence-corrected chi connectivity index (χ1v) is 6.28. The molecule has 6 heteroatoms. The minimum absolute atomic E-state index is 0.190. The summed E-state index contributed by atoms with van der Waals surface area (Å²) in [6, 6.07) is 10.5.